The highest BCUT2D eigenvalue weighted by Gasteiger charge is 2.13. The van der Waals surface area contributed by atoms with E-state index < -0.39 is 0 Å². The Bertz CT molecular complexity index is 468. The van der Waals surface area contributed by atoms with Gasteiger partial charge in [-0.2, -0.15) is 0 Å². The Labute approximate surface area is 127 Å². The molecule has 1 saturated carbocycles. The molecule has 21 heavy (non-hydrogen) atoms. The van der Waals surface area contributed by atoms with Crippen LogP contribution >= 0.6 is 0 Å². The summed E-state index contributed by atoms with van der Waals surface area (Å²) in [4.78, 5) is 11.9. The van der Waals surface area contributed by atoms with Crippen LogP contribution in [0.4, 0.5) is 11.4 Å². The van der Waals surface area contributed by atoms with Crippen molar-refractivity contribution in [2.45, 2.75) is 45.4 Å². The highest BCUT2D eigenvalue weighted by molar-refractivity contribution is 5.92. The minimum atomic E-state index is -0.0210. The number of nitrogens with two attached hydrogens (primary N) is 1. The van der Waals surface area contributed by atoms with E-state index in [1.807, 2.05) is 25.1 Å². The molecule has 0 aromatic heterocycles. The molecule has 0 bridgehead atoms. The quantitative estimate of drug-likeness (QED) is 0.622. The van der Waals surface area contributed by atoms with E-state index >= 15 is 0 Å². The first-order valence-corrected chi connectivity index (χ1v) is 7.89. The molecule has 4 nitrogen and oxygen atoms in total. The topological polar surface area (TPSA) is 64.3 Å². The lowest BCUT2D eigenvalue weighted by atomic mass is 9.90. The maximum absolute atomic E-state index is 11.9. The van der Waals surface area contributed by atoms with E-state index in [0.717, 1.165) is 17.9 Å². The lowest BCUT2D eigenvalue weighted by molar-refractivity contribution is -0.117. The molecular formula is C17H26N2O2. The number of amides is 1. The van der Waals surface area contributed by atoms with Crippen molar-refractivity contribution in [1.82, 2.24) is 0 Å². The highest BCUT2D eigenvalue weighted by Crippen LogP contribution is 2.24. The van der Waals surface area contributed by atoms with Crippen LogP contribution in [0.5, 0.6) is 0 Å². The van der Waals surface area contributed by atoms with E-state index in [9.17, 15) is 4.79 Å². The molecule has 0 heterocycles. The summed E-state index contributed by atoms with van der Waals surface area (Å²) in [6.45, 7) is 3.19. The Morgan fingerprint density at radius 2 is 2.10 bits per heavy atom. The van der Waals surface area contributed by atoms with Gasteiger partial charge >= 0.3 is 0 Å². The summed E-state index contributed by atoms with van der Waals surface area (Å²) in [6, 6.07) is 5.54. The second-order valence-electron chi connectivity index (χ2n) is 5.90. The zero-order valence-electron chi connectivity index (χ0n) is 12.9. The van der Waals surface area contributed by atoms with Gasteiger partial charge in [0.2, 0.25) is 5.91 Å². The second kappa shape index (κ2) is 8.03. The van der Waals surface area contributed by atoms with Crippen LogP contribution in [-0.4, -0.2) is 19.1 Å². The molecule has 1 fully saturated rings. The van der Waals surface area contributed by atoms with E-state index in [-0.39, 0.29) is 5.91 Å². The Morgan fingerprint density at radius 1 is 1.33 bits per heavy atom. The van der Waals surface area contributed by atoms with Gasteiger partial charge in [0.1, 0.15) is 0 Å². The summed E-state index contributed by atoms with van der Waals surface area (Å²) in [5, 5.41) is 2.89. The molecule has 4 heteroatoms. The molecule has 1 aromatic rings. The van der Waals surface area contributed by atoms with Crippen LogP contribution in [0.2, 0.25) is 0 Å². The van der Waals surface area contributed by atoms with Crippen molar-refractivity contribution in [2.75, 3.05) is 24.3 Å². The number of ether oxygens (including phenoxy) is 1. The minimum absolute atomic E-state index is 0.0210. The average molecular weight is 290 g/mol. The van der Waals surface area contributed by atoms with Gasteiger partial charge in [-0.1, -0.05) is 25.3 Å². The Kier molecular flexibility index (Phi) is 6.05. The fraction of sp³-hybridized carbons (Fsp3) is 0.588. The number of carbonyl (C=O) groups is 1. The molecule has 0 aliphatic heterocycles. The monoisotopic (exact) mass is 290 g/mol. The van der Waals surface area contributed by atoms with Gasteiger partial charge in [0.05, 0.1) is 13.0 Å². The van der Waals surface area contributed by atoms with Crippen molar-refractivity contribution < 1.29 is 9.53 Å². The zero-order valence-corrected chi connectivity index (χ0v) is 12.9. The normalized spacial score (nSPS) is 15.9. The molecule has 1 aromatic carbocycles. The van der Waals surface area contributed by atoms with Crippen LogP contribution in [0.25, 0.3) is 0 Å². The molecule has 116 valence electrons. The zero-order chi connectivity index (χ0) is 15.1. The van der Waals surface area contributed by atoms with Gasteiger partial charge < -0.3 is 15.8 Å². The SMILES string of the molecule is Cc1c(N)cccc1NC(=O)CCOCC1CCCCC1. The van der Waals surface area contributed by atoms with Gasteiger partial charge in [-0.05, 0) is 43.4 Å². The van der Waals surface area contributed by atoms with Gasteiger partial charge in [-0.3, -0.25) is 4.79 Å². The predicted molar refractivity (Wildman–Crippen MR) is 86.2 cm³/mol. The molecule has 1 aliphatic carbocycles. The van der Waals surface area contributed by atoms with Crippen molar-refractivity contribution in [3.63, 3.8) is 0 Å². The Balaban J connectivity index is 1.66. The highest BCUT2D eigenvalue weighted by atomic mass is 16.5. The first-order chi connectivity index (χ1) is 10.2. The lowest BCUT2D eigenvalue weighted by Gasteiger charge is -2.21. The van der Waals surface area contributed by atoms with E-state index in [1.165, 1.54) is 32.1 Å². The van der Waals surface area contributed by atoms with Crippen molar-refractivity contribution in [3.05, 3.63) is 23.8 Å². The average Bonchev–Trinajstić information content (AvgIpc) is 2.49. The van der Waals surface area contributed by atoms with Crippen molar-refractivity contribution >= 4 is 17.3 Å². The predicted octanol–water partition coefficient (Wildman–Crippen LogP) is 3.50. The van der Waals surface area contributed by atoms with Gasteiger partial charge in [0.15, 0.2) is 0 Å². The van der Waals surface area contributed by atoms with E-state index in [2.05, 4.69) is 5.32 Å². The van der Waals surface area contributed by atoms with Crippen LogP contribution in [0.3, 0.4) is 0 Å². The van der Waals surface area contributed by atoms with Crippen molar-refractivity contribution in [3.8, 4) is 0 Å². The van der Waals surface area contributed by atoms with Crippen LogP contribution in [0, 0.1) is 12.8 Å². The van der Waals surface area contributed by atoms with Crippen molar-refractivity contribution in [2.24, 2.45) is 5.92 Å². The third-order valence-corrected chi connectivity index (χ3v) is 4.20. The molecule has 0 spiro atoms. The molecule has 0 radical (unpaired) electrons. The summed E-state index contributed by atoms with van der Waals surface area (Å²) in [5.74, 6) is 0.672. The first-order valence-electron chi connectivity index (χ1n) is 7.89. The number of anilines is 2. The fourth-order valence-corrected chi connectivity index (χ4v) is 2.77. The first kappa shape index (κ1) is 15.8. The molecule has 2 rings (SSSR count). The third-order valence-electron chi connectivity index (χ3n) is 4.20. The number of benzene rings is 1. The van der Waals surface area contributed by atoms with Crippen molar-refractivity contribution in [1.29, 1.82) is 0 Å². The minimum Gasteiger partial charge on any atom is -0.398 e. The van der Waals surface area contributed by atoms with Crippen LogP contribution in [0.1, 0.15) is 44.1 Å². The molecule has 3 N–H and O–H groups in total. The summed E-state index contributed by atoms with van der Waals surface area (Å²) in [6.07, 6.45) is 6.94. The summed E-state index contributed by atoms with van der Waals surface area (Å²) < 4.78 is 5.65. The number of hydrogen-bond acceptors (Lipinski definition) is 3. The summed E-state index contributed by atoms with van der Waals surface area (Å²) in [7, 11) is 0. The van der Waals surface area contributed by atoms with Crippen LogP contribution in [-0.2, 0) is 9.53 Å². The number of nitrogen functional groups attached to an aromatic ring is 1. The second-order valence-corrected chi connectivity index (χ2v) is 5.90. The largest absolute Gasteiger partial charge is 0.398 e. The molecule has 0 saturated heterocycles. The van der Waals surface area contributed by atoms with Gasteiger partial charge in [-0.25, -0.2) is 0 Å². The summed E-state index contributed by atoms with van der Waals surface area (Å²) >= 11 is 0. The van der Waals surface area contributed by atoms with Gasteiger partial charge in [0, 0.05) is 18.0 Å². The number of nitrogens with one attached hydrogen (secondary N) is 1. The smallest absolute Gasteiger partial charge is 0.226 e. The Hall–Kier alpha value is -1.55. The molecule has 0 unspecified atom stereocenters. The molecular weight excluding hydrogens is 264 g/mol. The van der Waals surface area contributed by atoms with Gasteiger partial charge in [-0.15, -0.1) is 0 Å². The molecule has 1 amide bonds. The van der Waals surface area contributed by atoms with E-state index in [0.29, 0.717) is 24.6 Å². The number of rotatable bonds is 6. The standard InChI is InChI=1S/C17H26N2O2/c1-13-15(18)8-5-9-16(13)19-17(20)10-11-21-12-14-6-3-2-4-7-14/h5,8-9,14H,2-4,6-7,10-12,18H2,1H3,(H,19,20). The molecule has 0 atom stereocenters. The van der Waals surface area contributed by atoms with Crippen LogP contribution in [0.15, 0.2) is 18.2 Å². The van der Waals surface area contributed by atoms with Gasteiger partial charge in [0.25, 0.3) is 0 Å². The summed E-state index contributed by atoms with van der Waals surface area (Å²) in [5.41, 5.74) is 8.22. The maximum Gasteiger partial charge on any atom is 0.226 e. The van der Waals surface area contributed by atoms with E-state index in [4.69, 9.17) is 10.5 Å². The van der Waals surface area contributed by atoms with Crippen LogP contribution < -0.4 is 11.1 Å². The molecule has 1 aliphatic rings. The Morgan fingerprint density at radius 3 is 2.86 bits per heavy atom. The maximum atomic E-state index is 11.9. The fourth-order valence-electron chi connectivity index (χ4n) is 2.77. The number of hydrogen-bond donors (Lipinski definition) is 2. The van der Waals surface area contributed by atoms with E-state index in [1.54, 1.807) is 0 Å². The number of carbonyl (C=O) groups excluding carboxylic acids is 1. The third kappa shape index (κ3) is 5.05. The lowest BCUT2D eigenvalue weighted by Crippen LogP contribution is -2.18.